The van der Waals surface area contributed by atoms with E-state index in [2.05, 4.69) is 4.98 Å². The van der Waals surface area contributed by atoms with Crippen LogP contribution in [0.3, 0.4) is 0 Å². The van der Waals surface area contributed by atoms with Gasteiger partial charge in [0.15, 0.2) is 0 Å². The molecule has 2 heterocycles. The first-order valence-electron chi connectivity index (χ1n) is 8.81. The zero-order valence-corrected chi connectivity index (χ0v) is 14.3. The SMILES string of the molecule is O=C(/C=C/c1ccnc2ccccc12)N1CCC(OCCCO)CC1. The van der Waals surface area contributed by atoms with Gasteiger partial charge in [0.25, 0.3) is 0 Å². The number of aliphatic hydroxyl groups excluding tert-OH is 1. The fourth-order valence-corrected chi connectivity index (χ4v) is 3.09. The molecule has 0 bridgehead atoms. The van der Waals surface area contributed by atoms with Crippen molar-refractivity contribution in [2.24, 2.45) is 0 Å². The van der Waals surface area contributed by atoms with Crippen LogP contribution in [-0.4, -0.2) is 53.3 Å². The topological polar surface area (TPSA) is 62.7 Å². The number of hydrogen-bond donors (Lipinski definition) is 1. The lowest BCUT2D eigenvalue weighted by Crippen LogP contribution is -2.40. The number of rotatable bonds is 6. The molecule has 3 rings (SSSR count). The Balaban J connectivity index is 1.56. The number of aliphatic hydroxyl groups is 1. The number of para-hydroxylation sites is 1. The minimum Gasteiger partial charge on any atom is -0.396 e. The summed E-state index contributed by atoms with van der Waals surface area (Å²) in [4.78, 5) is 18.6. The molecule has 0 atom stereocenters. The van der Waals surface area contributed by atoms with Gasteiger partial charge < -0.3 is 14.7 Å². The highest BCUT2D eigenvalue weighted by atomic mass is 16.5. The maximum Gasteiger partial charge on any atom is 0.246 e. The highest BCUT2D eigenvalue weighted by Crippen LogP contribution is 2.18. The summed E-state index contributed by atoms with van der Waals surface area (Å²) in [5.74, 6) is 0.0368. The number of aromatic nitrogens is 1. The predicted octanol–water partition coefficient (Wildman–Crippen LogP) is 2.64. The number of piperidine rings is 1. The number of carbonyl (C=O) groups is 1. The summed E-state index contributed by atoms with van der Waals surface area (Å²) in [5.41, 5.74) is 1.93. The van der Waals surface area contributed by atoms with Gasteiger partial charge in [-0.25, -0.2) is 0 Å². The van der Waals surface area contributed by atoms with Gasteiger partial charge in [-0.05, 0) is 43.0 Å². The lowest BCUT2D eigenvalue weighted by atomic mass is 10.1. The van der Waals surface area contributed by atoms with Crippen LogP contribution in [-0.2, 0) is 9.53 Å². The molecule has 1 aliphatic heterocycles. The van der Waals surface area contributed by atoms with Gasteiger partial charge in [0.05, 0.1) is 11.6 Å². The van der Waals surface area contributed by atoms with Gasteiger partial charge in [-0.1, -0.05) is 18.2 Å². The standard InChI is InChI=1S/C20H24N2O3/c23-14-3-15-25-17-9-12-22(13-10-17)20(24)7-6-16-8-11-21-19-5-2-1-4-18(16)19/h1-2,4-8,11,17,23H,3,9-10,12-15H2/b7-6+. The molecule has 1 amide bonds. The van der Waals surface area contributed by atoms with Crippen LogP contribution in [0.5, 0.6) is 0 Å². The van der Waals surface area contributed by atoms with E-state index in [1.807, 2.05) is 41.3 Å². The van der Waals surface area contributed by atoms with Gasteiger partial charge in [0.2, 0.25) is 5.91 Å². The molecule has 0 spiro atoms. The fourth-order valence-electron chi connectivity index (χ4n) is 3.09. The van der Waals surface area contributed by atoms with E-state index in [4.69, 9.17) is 9.84 Å². The maximum atomic E-state index is 12.4. The number of ether oxygens (including phenoxy) is 1. The van der Waals surface area contributed by atoms with Crippen molar-refractivity contribution in [1.29, 1.82) is 0 Å². The van der Waals surface area contributed by atoms with E-state index in [0.717, 1.165) is 29.3 Å². The Kier molecular flexibility index (Phi) is 6.14. The fraction of sp³-hybridized carbons (Fsp3) is 0.400. The van der Waals surface area contributed by atoms with Crippen LogP contribution in [0.15, 0.2) is 42.6 Å². The van der Waals surface area contributed by atoms with Gasteiger partial charge in [-0.2, -0.15) is 0 Å². The van der Waals surface area contributed by atoms with Crippen molar-refractivity contribution in [3.8, 4) is 0 Å². The van der Waals surface area contributed by atoms with Crippen LogP contribution in [0.25, 0.3) is 17.0 Å². The van der Waals surface area contributed by atoms with Crippen LogP contribution in [0.2, 0.25) is 0 Å². The van der Waals surface area contributed by atoms with E-state index in [1.54, 1.807) is 12.3 Å². The van der Waals surface area contributed by atoms with Crippen LogP contribution < -0.4 is 0 Å². The van der Waals surface area contributed by atoms with Gasteiger partial charge in [-0.15, -0.1) is 0 Å². The summed E-state index contributed by atoms with van der Waals surface area (Å²) < 4.78 is 5.71. The van der Waals surface area contributed by atoms with Gasteiger partial charge >= 0.3 is 0 Å². The van der Waals surface area contributed by atoms with Gasteiger partial charge in [-0.3, -0.25) is 9.78 Å². The number of pyridine rings is 1. The molecule has 1 aromatic carbocycles. The Morgan fingerprint density at radius 2 is 2.08 bits per heavy atom. The third-order valence-electron chi connectivity index (χ3n) is 4.50. The van der Waals surface area contributed by atoms with Gasteiger partial charge in [0.1, 0.15) is 0 Å². The molecule has 1 saturated heterocycles. The second-order valence-electron chi connectivity index (χ2n) is 6.22. The lowest BCUT2D eigenvalue weighted by Gasteiger charge is -2.31. The quantitative estimate of drug-likeness (QED) is 0.649. The summed E-state index contributed by atoms with van der Waals surface area (Å²) in [5, 5.41) is 9.83. The molecule has 0 aliphatic carbocycles. The van der Waals surface area contributed by atoms with Crippen molar-refractivity contribution >= 4 is 22.9 Å². The van der Waals surface area contributed by atoms with Crippen molar-refractivity contribution in [1.82, 2.24) is 9.88 Å². The van der Waals surface area contributed by atoms with Crippen molar-refractivity contribution in [3.05, 3.63) is 48.2 Å². The van der Waals surface area contributed by atoms with Crippen molar-refractivity contribution in [2.45, 2.75) is 25.4 Å². The number of likely N-dealkylation sites (tertiary alicyclic amines) is 1. The van der Waals surface area contributed by atoms with E-state index < -0.39 is 0 Å². The Morgan fingerprint density at radius 1 is 1.28 bits per heavy atom. The third-order valence-corrected chi connectivity index (χ3v) is 4.50. The number of benzene rings is 1. The molecule has 2 aromatic rings. The zero-order chi connectivity index (χ0) is 17.5. The van der Waals surface area contributed by atoms with Crippen LogP contribution in [0.4, 0.5) is 0 Å². The van der Waals surface area contributed by atoms with Crippen molar-refractivity contribution in [3.63, 3.8) is 0 Å². The van der Waals surface area contributed by atoms with Crippen molar-refractivity contribution in [2.75, 3.05) is 26.3 Å². The maximum absolute atomic E-state index is 12.4. The summed E-state index contributed by atoms with van der Waals surface area (Å²) >= 11 is 0. The second kappa shape index (κ2) is 8.74. The van der Waals surface area contributed by atoms with Crippen LogP contribution >= 0.6 is 0 Å². The molecule has 1 aliphatic rings. The minimum absolute atomic E-state index is 0.0368. The molecule has 0 radical (unpaired) electrons. The summed E-state index contributed by atoms with van der Waals surface area (Å²) in [6.45, 7) is 2.17. The number of hydrogen-bond acceptors (Lipinski definition) is 4. The first-order chi connectivity index (χ1) is 12.3. The molecule has 1 N–H and O–H groups in total. The Labute approximate surface area is 147 Å². The van der Waals surface area contributed by atoms with E-state index in [-0.39, 0.29) is 18.6 Å². The smallest absolute Gasteiger partial charge is 0.246 e. The molecular weight excluding hydrogens is 316 g/mol. The number of fused-ring (bicyclic) bond motifs is 1. The number of amides is 1. The molecule has 0 saturated carbocycles. The molecule has 5 heteroatoms. The number of nitrogens with zero attached hydrogens (tertiary/aromatic N) is 2. The highest BCUT2D eigenvalue weighted by Gasteiger charge is 2.21. The van der Waals surface area contributed by atoms with E-state index in [0.29, 0.717) is 26.1 Å². The van der Waals surface area contributed by atoms with E-state index >= 15 is 0 Å². The Morgan fingerprint density at radius 3 is 2.88 bits per heavy atom. The average Bonchev–Trinajstić information content (AvgIpc) is 2.67. The molecule has 5 nitrogen and oxygen atoms in total. The molecular formula is C20H24N2O3. The average molecular weight is 340 g/mol. The molecule has 1 fully saturated rings. The third kappa shape index (κ3) is 4.65. The molecule has 0 unspecified atom stereocenters. The number of carbonyl (C=O) groups excluding carboxylic acids is 1. The van der Waals surface area contributed by atoms with Crippen LogP contribution in [0, 0.1) is 0 Å². The molecule has 132 valence electrons. The molecule has 1 aromatic heterocycles. The molecule has 25 heavy (non-hydrogen) atoms. The van der Waals surface area contributed by atoms with E-state index in [1.165, 1.54) is 0 Å². The summed E-state index contributed by atoms with van der Waals surface area (Å²) in [6, 6.07) is 9.84. The summed E-state index contributed by atoms with van der Waals surface area (Å²) in [7, 11) is 0. The Bertz CT molecular complexity index is 731. The first kappa shape index (κ1) is 17.6. The predicted molar refractivity (Wildman–Crippen MR) is 98.0 cm³/mol. The normalized spacial score (nSPS) is 16.0. The van der Waals surface area contributed by atoms with Gasteiger partial charge in [0, 0.05) is 44.0 Å². The van der Waals surface area contributed by atoms with E-state index in [9.17, 15) is 4.79 Å². The second-order valence-corrected chi connectivity index (χ2v) is 6.22. The minimum atomic E-state index is 0.0368. The highest BCUT2D eigenvalue weighted by molar-refractivity contribution is 5.95. The van der Waals surface area contributed by atoms with Crippen molar-refractivity contribution < 1.29 is 14.6 Å². The summed E-state index contributed by atoms with van der Waals surface area (Å²) in [6.07, 6.45) is 7.85. The lowest BCUT2D eigenvalue weighted by molar-refractivity contribution is -0.128. The Hall–Kier alpha value is -2.24. The zero-order valence-electron chi connectivity index (χ0n) is 14.3. The first-order valence-corrected chi connectivity index (χ1v) is 8.81. The largest absolute Gasteiger partial charge is 0.396 e. The monoisotopic (exact) mass is 340 g/mol. The van der Waals surface area contributed by atoms with Crippen LogP contribution in [0.1, 0.15) is 24.8 Å².